The first-order chi connectivity index (χ1) is 16.8. The van der Waals surface area contributed by atoms with E-state index in [0.29, 0.717) is 5.56 Å². The standard InChI is InChI=1S/C29H38F2N2O2/c1-3-4-6-10-22-11-9-12-24(15-22)29(13-7-5-8-14-29)32-20-28(35)27(33-21(2)34)18-23-16-25(30)19-26(31)17-23/h3,9,11-12,15-17,19,27-28,32,35H,1,4-8,10,13-14,18,20H2,2H3,(H,33,34). The van der Waals surface area contributed by atoms with Crippen LogP contribution in [-0.2, 0) is 23.2 Å². The molecule has 1 aliphatic rings. The average Bonchev–Trinajstić information content (AvgIpc) is 2.82. The van der Waals surface area contributed by atoms with Gasteiger partial charge in [0.25, 0.3) is 0 Å². The van der Waals surface area contributed by atoms with Gasteiger partial charge in [0.15, 0.2) is 0 Å². The number of carbonyl (C=O) groups is 1. The van der Waals surface area contributed by atoms with Crippen LogP contribution in [0.4, 0.5) is 8.78 Å². The molecule has 190 valence electrons. The Hall–Kier alpha value is -2.57. The van der Waals surface area contributed by atoms with Gasteiger partial charge in [-0.25, -0.2) is 8.78 Å². The number of benzene rings is 2. The van der Waals surface area contributed by atoms with E-state index in [4.69, 9.17) is 0 Å². The van der Waals surface area contributed by atoms with Gasteiger partial charge in [-0.1, -0.05) is 49.6 Å². The highest BCUT2D eigenvalue weighted by Gasteiger charge is 2.35. The van der Waals surface area contributed by atoms with Crippen LogP contribution in [0.15, 0.2) is 55.1 Å². The van der Waals surface area contributed by atoms with Gasteiger partial charge in [-0.05, 0) is 67.3 Å². The summed E-state index contributed by atoms with van der Waals surface area (Å²) in [6.45, 7) is 5.43. The van der Waals surface area contributed by atoms with Crippen LogP contribution in [-0.4, -0.2) is 29.7 Å². The number of hydrogen-bond donors (Lipinski definition) is 3. The molecule has 6 heteroatoms. The number of rotatable bonds is 12. The second kappa shape index (κ2) is 12.9. The molecule has 3 N–H and O–H groups in total. The van der Waals surface area contributed by atoms with Crippen molar-refractivity contribution < 1.29 is 18.7 Å². The van der Waals surface area contributed by atoms with E-state index in [9.17, 15) is 18.7 Å². The lowest BCUT2D eigenvalue weighted by Gasteiger charge is -2.40. The molecule has 1 fully saturated rings. The zero-order valence-corrected chi connectivity index (χ0v) is 20.7. The molecule has 0 spiro atoms. The van der Waals surface area contributed by atoms with Crippen LogP contribution in [0, 0.1) is 11.6 Å². The van der Waals surface area contributed by atoms with Crippen LogP contribution in [0.3, 0.4) is 0 Å². The van der Waals surface area contributed by atoms with Gasteiger partial charge in [-0.2, -0.15) is 0 Å². The van der Waals surface area contributed by atoms with Gasteiger partial charge in [-0.3, -0.25) is 4.79 Å². The molecule has 2 unspecified atom stereocenters. The van der Waals surface area contributed by atoms with E-state index < -0.39 is 23.8 Å². The van der Waals surface area contributed by atoms with Crippen molar-refractivity contribution in [3.63, 3.8) is 0 Å². The first-order valence-corrected chi connectivity index (χ1v) is 12.7. The van der Waals surface area contributed by atoms with Crippen LogP contribution < -0.4 is 10.6 Å². The molecule has 0 aliphatic heterocycles. The monoisotopic (exact) mass is 484 g/mol. The van der Waals surface area contributed by atoms with E-state index in [1.165, 1.54) is 36.6 Å². The number of nitrogens with one attached hydrogen (secondary N) is 2. The van der Waals surface area contributed by atoms with E-state index in [-0.39, 0.29) is 24.4 Å². The lowest BCUT2D eigenvalue weighted by molar-refractivity contribution is -0.120. The number of amides is 1. The predicted octanol–water partition coefficient (Wildman–Crippen LogP) is 5.33. The third-order valence-corrected chi connectivity index (χ3v) is 6.94. The Morgan fingerprint density at radius 2 is 1.83 bits per heavy atom. The normalized spacial score (nSPS) is 16.9. The zero-order chi connectivity index (χ0) is 25.3. The Labute approximate surface area is 207 Å². The van der Waals surface area contributed by atoms with E-state index in [2.05, 4.69) is 41.5 Å². The third-order valence-electron chi connectivity index (χ3n) is 6.94. The molecule has 2 aromatic carbocycles. The summed E-state index contributed by atoms with van der Waals surface area (Å²) in [7, 11) is 0. The Kier molecular flexibility index (Phi) is 9.99. The summed E-state index contributed by atoms with van der Waals surface area (Å²) in [6, 6.07) is 11.3. The van der Waals surface area contributed by atoms with Crippen LogP contribution in [0.25, 0.3) is 0 Å². The fourth-order valence-electron chi connectivity index (χ4n) is 5.17. The maximum Gasteiger partial charge on any atom is 0.217 e. The number of unbranched alkanes of at least 4 members (excludes halogenated alkanes) is 1. The fraction of sp³-hybridized carbons (Fsp3) is 0.483. The van der Waals surface area contributed by atoms with Gasteiger partial charge in [0.2, 0.25) is 5.91 Å². The Morgan fingerprint density at radius 3 is 2.49 bits per heavy atom. The van der Waals surface area contributed by atoms with Crippen molar-refractivity contribution in [1.29, 1.82) is 0 Å². The molecule has 0 radical (unpaired) electrons. The minimum atomic E-state index is -0.931. The summed E-state index contributed by atoms with van der Waals surface area (Å²) in [5, 5.41) is 17.5. The molecule has 3 rings (SSSR count). The highest BCUT2D eigenvalue weighted by atomic mass is 19.1. The molecule has 0 aromatic heterocycles. The summed E-state index contributed by atoms with van der Waals surface area (Å²) in [6.07, 6.45) is 9.50. The van der Waals surface area contributed by atoms with Crippen molar-refractivity contribution in [2.75, 3.05) is 6.54 Å². The lowest BCUT2D eigenvalue weighted by atomic mass is 9.76. The van der Waals surface area contributed by atoms with Crippen molar-refractivity contribution in [1.82, 2.24) is 10.6 Å². The Bertz CT molecular complexity index is 968. The molecular weight excluding hydrogens is 446 g/mol. The number of halogens is 2. The molecule has 35 heavy (non-hydrogen) atoms. The van der Waals surface area contributed by atoms with Crippen LogP contribution in [0.2, 0.25) is 0 Å². The van der Waals surface area contributed by atoms with Crippen molar-refractivity contribution >= 4 is 5.91 Å². The topological polar surface area (TPSA) is 61.4 Å². The number of allylic oxidation sites excluding steroid dienone is 1. The molecule has 1 saturated carbocycles. The number of aryl methyl sites for hydroxylation is 1. The minimum Gasteiger partial charge on any atom is -0.390 e. The average molecular weight is 485 g/mol. The molecular formula is C29H38F2N2O2. The third kappa shape index (κ3) is 7.97. The molecule has 1 amide bonds. The fourth-order valence-corrected chi connectivity index (χ4v) is 5.17. The lowest BCUT2D eigenvalue weighted by Crippen LogP contribution is -2.53. The molecule has 2 atom stereocenters. The highest BCUT2D eigenvalue weighted by molar-refractivity contribution is 5.73. The van der Waals surface area contributed by atoms with Crippen LogP contribution >= 0.6 is 0 Å². The second-order valence-corrected chi connectivity index (χ2v) is 9.76. The molecule has 0 saturated heterocycles. The zero-order valence-electron chi connectivity index (χ0n) is 20.7. The minimum absolute atomic E-state index is 0.128. The molecule has 4 nitrogen and oxygen atoms in total. The van der Waals surface area contributed by atoms with Crippen molar-refractivity contribution in [3.05, 3.63) is 83.4 Å². The van der Waals surface area contributed by atoms with Crippen molar-refractivity contribution in [3.8, 4) is 0 Å². The van der Waals surface area contributed by atoms with Crippen molar-refractivity contribution in [2.45, 2.75) is 82.4 Å². The number of hydrogen-bond acceptors (Lipinski definition) is 3. The summed E-state index contributed by atoms with van der Waals surface area (Å²) < 4.78 is 27.4. The van der Waals surface area contributed by atoms with Gasteiger partial charge in [0.1, 0.15) is 11.6 Å². The summed E-state index contributed by atoms with van der Waals surface area (Å²) in [5.41, 5.74) is 2.66. The molecule has 0 heterocycles. The van der Waals surface area contributed by atoms with E-state index in [1.54, 1.807) is 0 Å². The van der Waals surface area contributed by atoms with E-state index >= 15 is 0 Å². The summed E-state index contributed by atoms with van der Waals surface area (Å²) in [5.74, 6) is -1.66. The van der Waals surface area contributed by atoms with Gasteiger partial charge < -0.3 is 15.7 Å². The maximum atomic E-state index is 13.7. The first kappa shape index (κ1) is 27.0. The predicted molar refractivity (Wildman–Crippen MR) is 136 cm³/mol. The van der Waals surface area contributed by atoms with Gasteiger partial charge in [0.05, 0.1) is 12.1 Å². The number of carbonyl (C=O) groups excluding carboxylic acids is 1. The van der Waals surface area contributed by atoms with Crippen molar-refractivity contribution in [2.24, 2.45) is 0 Å². The summed E-state index contributed by atoms with van der Waals surface area (Å²) in [4.78, 5) is 11.8. The Morgan fingerprint density at radius 1 is 1.11 bits per heavy atom. The first-order valence-electron chi connectivity index (χ1n) is 12.7. The van der Waals surface area contributed by atoms with Gasteiger partial charge >= 0.3 is 0 Å². The van der Waals surface area contributed by atoms with Gasteiger partial charge in [-0.15, -0.1) is 6.58 Å². The SMILES string of the molecule is C=CCCCc1cccc(C2(NCC(O)C(Cc3cc(F)cc(F)c3)NC(C)=O)CCCCC2)c1. The number of aliphatic hydroxyl groups excluding tert-OH is 1. The smallest absolute Gasteiger partial charge is 0.217 e. The molecule has 0 bridgehead atoms. The second-order valence-electron chi connectivity index (χ2n) is 9.76. The van der Waals surface area contributed by atoms with Gasteiger partial charge in [0, 0.05) is 25.1 Å². The number of aliphatic hydroxyl groups is 1. The van der Waals surface area contributed by atoms with E-state index in [1.807, 2.05) is 6.08 Å². The highest BCUT2D eigenvalue weighted by Crippen LogP contribution is 2.37. The molecule has 2 aromatic rings. The largest absolute Gasteiger partial charge is 0.390 e. The Balaban J connectivity index is 1.75. The van der Waals surface area contributed by atoms with E-state index in [0.717, 1.165) is 51.0 Å². The quantitative estimate of drug-likeness (QED) is 0.282. The molecule has 1 aliphatic carbocycles. The van der Waals surface area contributed by atoms with Crippen LogP contribution in [0.5, 0.6) is 0 Å². The summed E-state index contributed by atoms with van der Waals surface area (Å²) >= 11 is 0. The maximum absolute atomic E-state index is 13.7. The van der Waals surface area contributed by atoms with Crippen LogP contribution in [0.1, 0.15) is 68.6 Å².